The summed E-state index contributed by atoms with van der Waals surface area (Å²) in [5.74, 6) is 5.43. The summed E-state index contributed by atoms with van der Waals surface area (Å²) in [6.45, 7) is 2.29. The van der Waals surface area contributed by atoms with Gasteiger partial charge in [-0.05, 0) is 19.1 Å². The van der Waals surface area contributed by atoms with Gasteiger partial charge in [-0.15, -0.1) is 0 Å². The number of aromatic nitrogens is 2. The van der Waals surface area contributed by atoms with Crippen molar-refractivity contribution in [1.82, 2.24) is 15.2 Å². The number of carbonyl (C=O) groups is 1. The number of amides is 1. The highest BCUT2D eigenvalue weighted by Gasteiger charge is 2.20. The number of nitrogens with one attached hydrogen (secondary N) is 1. The maximum Gasteiger partial charge on any atom is 0.269 e. The van der Waals surface area contributed by atoms with Crippen LogP contribution in [0.4, 0.5) is 0 Å². The van der Waals surface area contributed by atoms with Crippen LogP contribution in [0.5, 0.6) is 0 Å². The van der Waals surface area contributed by atoms with Crippen LogP contribution in [0.25, 0.3) is 11.0 Å². The number of nitrogens with zero attached hydrogens (tertiary/aromatic N) is 2. The maximum absolute atomic E-state index is 12.0. The van der Waals surface area contributed by atoms with Gasteiger partial charge in [0.25, 0.3) is 5.91 Å². The van der Waals surface area contributed by atoms with Gasteiger partial charge < -0.3 is 4.42 Å². The standard InChI is InChI=1S/C14H14N4O2/c1-9-6-7-18(17-9)8-12-13(14(19)16-15)10-4-2-3-5-11(10)20-12/h2-7H,8,15H2,1H3,(H,16,19). The minimum Gasteiger partial charge on any atom is -0.458 e. The van der Waals surface area contributed by atoms with E-state index >= 15 is 0 Å². The van der Waals surface area contributed by atoms with Crippen LogP contribution < -0.4 is 11.3 Å². The van der Waals surface area contributed by atoms with Gasteiger partial charge in [-0.2, -0.15) is 5.10 Å². The lowest BCUT2D eigenvalue weighted by Crippen LogP contribution is -2.30. The molecule has 6 nitrogen and oxygen atoms in total. The van der Waals surface area contributed by atoms with Gasteiger partial charge in [0.2, 0.25) is 0 Å². The van der Waals surface area contributed by atoms with Crippen LogP contribution in [-0.4, -0.2) is 15.7 Å². The Balaban J connectivity index is 2.11. The Bertz CT molecular complexity index is 772. The number of furan rings is 1. The van der Waals surface area contributed by atoms with E-state index in [0.717, 1.165) is 11.1 Å². The lowest BCUT2D eigenvalue weighted by molar-refractivity contribution is 0.0953. The highest BCUT2D eigenvalue weighted by Crippen LogP contribution is 2.26. The number of benzene rings is 1. The number of nitrogen functional groups attached to an aromatic ring is 1. The number of aryl methyl sites for hydroxylation is 1. The summed E-state index contributed by atoms with van der Waals surface area (Å²) >= 11 is 0. The van der Waals surface area contributed by atoms with E-state index in [-0.39, 0.29) is 5.91 Å². The molecular formula is C14H14N4O2. The summed E-state index contributed by atoms with van der Waals surface area (Å²) in [5.41, 5.74) is 4.18. The molecule has 1 aromatic carbocycles. The van der Waals surface area contributed by atoms with Crippen molar-refractivity contribution < 1.29 is 9.21 Å². The Hall–Kier alpha value is -2.60. The highest BCUT2D eigenvalue weighted by molar-refractivity contribution is 6.07. The van der Waals surface area contributed by atoms with Crippen molar-refractivity contribution >= 4 is 16.9 Å². The predicted molar refractivity (Wildman–Crippen MR) is 73.9 cm³/mol. The number of nitrogens with two attached hydrogens (primary N) is 1. The fourth-order valence-corrected chi connectivity index (χ4v) is 2.23. The first-order valence-corrected chi connectivity index (χ1v) is 6.20. The quantitative estimate of drug-likeness (QED) is 0.430. The summed E-state index contributed by atoms with van der Waals surface area (Å²) in [4.78, 5) is 12.0. The maximum atomic E-state index is 12.0. The van der Waals surface area contributed by atoms with Crippen LogP contribution >= 0.6 is 0 Å². The molecule has 0 aliphatic carbocycles. The monoisotopic (exact) mass is 270 g/mol. The van der Waals surface area contributed by atoms with Gasteiger partial charge in [0.05, 0.1) is 17.8 Å². The van der Waals surface area contributed by atoms with Crippen LogP contribution in [-0.2, 0) is 6.54 Å². The molecule has 20 heavy (non-hydrogen) atoms. The van der Waals surface area contributed by atoms with E-state index in [1.807, 2.05) is 43.5 Å². The molecule has 3 rings (SSSR count). The van der Waals surface area contributed by atoms with Crippen molar-refractivity contribution in [1.29, 1.82) is 0 Å². The van der Waals surface area contributed by atoms with Crippen LogP contribution in [0.3, 0.4) is 0 Å². The Morgan fingerprint density at radius 2 is 2.20 bits per heavy atom. The topological polar surface area (TPSA) is 86.1 Å². The molecule has 0 saturated heterocycles. The molecule has 0 fully saturated rings. The third-order valence-electron chi connectivity index (χ3n) is 3.11. The van der Waals surface area contributed by atoms with Gasteiger partial charge in [-0.25, -0.2) is 5.84 Å². The molecule has 2 heterocycles. The normalized spacial score (nSPS) is 10.9. The Labute approximate surface area is 115 Å². The van der Waals surface area contributed by atoms with Crippen LogP contribution in [0.2, 0.25) is 0 Å². The molecule has 6 heteroatoms. The van der Waals surface area contributed by atoms with Gasteiger partial charge in [-0.3, -0.25) is 14.9 Å². The Morgan fingerprint density at radius 1 is 1.40 bits per heavy atom. The Morgan fingerprint density at radius 3 is 2.90 bits per heavy atom. The fraction of sp³-hybridized carbons (Fsp3) is 0.143. The molecule has 0 aliphatic heterocycles. The lowest BCUT2D eigenvalue weighted by Gasteiger charge is -2.02. The zero-order chi connectivity index (χ0) is 14.1. The van der Waals surface area contributed by atoms with Crippen molar-refractivity contribution in [2.45, 2.75) is 13.5 Å². The van der Waals surface area contributed by atoms with Gasteiger partial charge >= 0.3 is 0 Å². The number of fused-ring (bicyclic) bond motifs is 1. The second-order valence-corrected chi connectivity index (χ2v) is 4.52. The zero-order valence-electron chi connectivity index (χ0n) is 11.0. The molecule has 102 valence electrons. The van der Waals surface area contributed by atoms with E-state index in [4.69, 9.17) is 10.3 Å². The largest absolute Gasteiger partial charge is 0.458 e. The second kappa shape index (κ2) is 4.82. The number of hydrogen-bond donors (Lipinski definition) is 2. The summed E-state index contributed by atoms with van der Waals surface area (Å²) in [6, 6.07) is 9.26. The smallest absolute Gasteiger partial charge is 0.269 e. The fourth-order valence-electron chi connectivity index (χ4n) is 2.23. The highest BCUT2D eigenvalue weighted by atomic mass is 16.3. The summed E-state index contributed by atoms with van der Waals surface area (Å²) in [5, 5.41) is 5.04. The van der Waals surface area contributed by atoms with Crippen molar-refractivity contribution in [3.63, 3.8) is 0 Å². The first-order valence-electron chi connectivity index (χ1n) is 6.20. The first-order chi connectivity index (χ1) is 9.69. The van der Waals surface area contributed by atoms with E-state index in [9.17, 15) is 4.79 Å². The molecule has 1 amide bonds. The minimum atomic E-state index is -0.367. The molecule has 0 saturated carbocycles. The average Bonchev–Trinajstić information content (AvgIpc) is 3.01. The van der Waals surface area contributed by atoms with Gasteiger partial charge in [0.15, 0.2) is 0 Å². The second-order valence-electron chi connectivity index (χ2n) is 4.52. The van der Waals surface area contributed by atoms with Gasteiger partial charge in [-0.1, -0.05) is 18.2 Å². The predicted octanol–water partition coefficient (Wildman–Crippen LogP) is 1.59. The molecule has 0 bridgehead atoms. The number of hydrazine groups is 1. The Kier molecular flexibility index (Phi) is 3.00. The summed E-state index contributed by atoms with van der Waals surface area (Å²) in [7, 11) is 0. The lowest BCUT2D eigenvalue weighted by atomic mass is 10.1. The number of para-hydroxylation sites is 1. The van der Waals surface area contributed by atoms with E-state index in [0.29, 0.717) is 23.5 Å². The molecule has 3 aromatic rings. The van der Waals surface area contributed by atoms with Crippen molar-refractivity contribution in [3.8, 4) is 0 Å². The third kappa shape index (κ3) is 2.06. The molecule has 0 radical (unpaired) electrons. The van der Waals surface area contributed by atoms with Crippen molar-refractivity contribution in [2.75, 3.05) is 0 Å². The number of carbonyl (C=O) groups excluding carboxylic acids is 1. The molecular weight excluding hydrogens is 256 g/mol. The molecule has 0 unspecified atom stereocenters. The van der Waals surface area contributed by atoms with Crippen LogP contribution in [0, 0.1) is 6.92 Å². The van der Waals surface area contributed by atoms with Crippen LogP contribution in [0.1, 0.15) is 21.8 Å². The zero-order valence-corrected chi connectivity index (χ0v) is 11.0. The van der Waals surface area contributed by atoms with E-state index < -0.39 is 0 Å². The van der Waals surface area contributed by atoms with E-state index in [1.54, 1.807) is 4.68 Å². The number of hydrogen-bond acceptors (Lipinski definition) is 4. The molecule has 2 aromatic heterocycles. The van der Waals surface area contributed by atoms with Crippen LogP contribution in [0.15, 0.2) is 40.9 Å². The van der Waals surface area contributed by atoms with Crippen molar-refractivity contribution in [3.05, 3.63) is 53.5 Å². The molecule has 3 N–H and O–H groups in total. The molecule has 0 spiro atoms. The summed E-state index contributed by atoms with van der Waals surface area (Å²) in [6.07, 6.45) is 1.84. The van der Waals surface area contributed by atoms with Crippen molar-refractivity contribution in [2.24, 2.45) is 5.84 Å². The summed E-state index contributed by atoms with van der Waals surface area (Å²) < 4.78 is 7.48. The molecule has 0 aliphatic rings. The molecule has 0 atom stereocenters. The van der Waals surface area contributed by atoms with E-state index in [2.05, 4.69) is 10.5 Å². The minimum absolute atomic E-state index is 0.367. The third-order valence-corrected chi connectivity index (χ3v) is 3.11. The number of rotatable bonds is 3. The van der Waals surface area contributed by atoms with E-state index in [1.165, 1.54) is 0 Å². The van der Waals surface area contributed by atoms with Gasteiger partial charge in [0.1, 0.15) is 11.3 Å². The average molecular weight is 270 g/mol. The van der Waals surface area contributed by atoms with Gasteiger partial charge in [0, 0.05) is 11.6 Å². The SMILES string of the molecule is Cc1ccn(Cc2oc3ccccc3c2C(=O)NN)n1. The first kappa shape index (κ1) is 12.4.